The van der Waals surface area contributed by atoms with Crippen molar-refractivity contribution < 1.29 is 9.53 Å². The molecule has 0 atom stereocenters. The van der Waals surface area contributed by atoms with E-state index in [4.69, 9.17) is 15.5 Å². The highest BCUT2D eigenvalue weighted by molar-refractivity contribution is 7.15. The Labute approximate surface area is 203 Å². The molecule has 2 aromatic carbocycles. The van der Waals surface area contributed by atoms with Crippen LogP contribution in [0.2, 0.25) is 0 Å². The summed E-state index contributed by atoms with van der Waals surface area (Å²) in [6, 6.07) is 14.5. The Hall–Kier alpha value is -3.65. The van der Waals surface area contributed by atoms with Crippen molar-refractivity contribution in [2.75, 3.05) is 29.5 Å². The van der Waals surface area contributed by atoms with Gasteiger partial charge in [-0.1, -0.05) is 18.2 Å². The zero-order valence-corrected chi connectivity index (χ0v) is 19.7. The summed E-state index contributed by atoms with van der Waals surface area (Å²) >= 11 is 1.74. The van der Waals surface area contributed by atoms with Gasteiger partial charge in [0.2, 0.25) is 0 Å². The highest BCUT2D eigenvalue weighted by Gasteiger charge is 2.24. The molecule has 2 N–H and O–H groups in total. The molecule has 34 heavy (non-hydrogen) atoms. The summed E-state index contributed by atoms with van der Waals surface area (Å²) in [5.41, 5.74) is 11.0. The van der Waals surface area contributed by atoms with Crippen LogP contribution in [-0.2, 0) is 24.1 Å². The molecule has 0 radical (unpaired) electrons. The van der Waals surface area contributed by atoms with Crippen molar-refractivity contribution in [3.8, 4) is 0 Å². The number of fused-ring (bicyclic) bond motifs is 1. The molecule has 0 unspecified atom stereocenters. The van der Waals surface area contributed by atoms with Gasteiger partial charge >= 0.3 is 6.09 Å². The standard InChI is InChI=1S/C26H27N5O2S/c27-10-1-11-28-22-6-3-19(4-7-22)15-24-17-29-25(34-24)30-13-9-20-5-8-23(16-21(20)18-30)31-12-2-14-33-26(31)32/h1,3-8,10-11,16-17H,2,9,12-15,18,27H2. The Morgan fingerprint density at radius 1 is 1.15 bits per heavy atom. The highest BCUT2D eigenvalue weighted by atomic mass is 32.1. The van der Waals surface area contributed by atoms with E-state index in [1.54, 1.807) is 28.5 Å². The molecule has 1 saturated heterocycles. The van der Waals surface area contributed by atoms with Crippen LogP contribution in [0, 0.1) is 0 Å². The first-order valence-electron chi connectivity index (χ1n) is 11.5. The van der Waals surface area contributed by atoms with Crippen LogP contribution in [0.1, 0.15) is 28.0 Å². The van der Waals surface area contributed by atoms with Gasteiger partial charge in [-0.25, -0.2) is 9.78 Å². The fourth-order valence-corrected chi connectivity index (χ4v) is 5.23. The number of nitrogens with two attached hydrogens (primary N) is 1. The number of nitrogens with zero attached hydrogens (tertiary/aromatic N) is 4. The van der Waals surface area contributed by atoms with E-state index in [-0.39, 0.29) is 6.09 Å². The van der Waals surface area contributed by atoms with Gasteiger partial charge in [0.25, 0.3) is 0 Å². The van der Waals surface area contributed by atoms with Gasteiger partial charge in [-0.3, -0.25) is 9.89 Å². The predicted octanol–water partition coefficient (Wildman–Crippen LogP) is 4.82. The zero-order valence-electron chi connectivity index (χ0n) is 18.9. The Kier molecular flexibility index (Phi) is 6.58. The lowest BCUT2D eigenvalue weighted by Gasteiger charge is -2.31. The lowest BCUT2D eigenvalue weighted by Crippen LogP contribution is -2.38. The molecule has 2 aliphatic rings. The van der Waals surface area contributed by atoms with Crippen molar-refractivity contribution in [2.45, 2.75) is 25.8 Å². The third-order valence-electron chi connectivity index (χ3n) is 6.03. The minimum absolute atomic E-state index is 0.254. The van der Waals surface area contributed by atoms with Crippen LogP contribution >= 0.6 is 11.3 Å². The maximum absolute atomic E-state index is 12.2. The monoisotopic (exact) mass is 473 g/mol. The van der Waals surface area contributed by atoms with E-state index in [9.17, 15) is 4.79 Å². The van der Waals surface area contributed by atoms with Crippen molar-refractivity contribution in [1.29, 1.82) is 0 Å². The lowest BCUT2D eigenvalue weighted by molar-refractivity contribution is 0.140. The van der Waals surface area contributed by atoms with Gasteiger partial charge < -0.3 is 15.4 Å². The average molecular weight is 474 g/mol. The molecule has 174 valence electrons. The SMILES string of the molecule is NC=CC=Nc1ccc(Cc2cnc(N3CCc4ccc(N5CCCOC5=O)cc4C3)s2)cc1. The third-order valence-corrected chi connectivity index (χ3v) is 7.09. The Bertz CT molecular complexity index is 1220. The average Bonchev–Trinajstić information content (AvgIpc) is 3.33. The van der Waals surface area contributed by atoms with Crippen molar-refractivity contribution in [1.82, 2.24) is 4.98 Å². The van der Waals surface area contributed by atoms with Gasteiger partial charge in [0.05, 0.1) is 12.3 Å². The van der Waals surface area contributed by atoms with Gasteiger partial charge in [0.1, 0.15) is 0 Å². The van der Waals surface area contributed by atoms with Crippen LogP contribution in [0.25, 0.3) is 0 Å². The van der Waals surface area contributed by atoms with Crippen LogP contribution in [0.3, 0.4) is 0 Å². The first-order valence-corrected chi connectivity index (χ1v) is 12.3. The summed E-state index contributed by atoms with van der Waals surface area (Å²) in [6.07, 6.45) is 9.24. The molecule has 5 rings (SSSR count). The summed E-state index contributed by atoms with van der Waals surface area (Å²) in [4.78, 5) is 26.5. The van der Waals surface area contributed by atoms with Gasteiger partial charge in [-0.05, 0) is 66.1 Å². The second-order valence-corrected chi connectivity index (χ2v) is 9.45. The van der Waals surface area contributed by atoms with E-state index in [0.29, 0.717) is 13.2 Å². The number of carbonyl (C=O) groups excluding carboxylic acids is 1. The molecule has 0 spiro atoms. The van der Waals surface area contributed by atoms with Crippen LogP contribution in [0.4, 0.5) is 21.3 Å². The second-order valence-electron chi connectivity index (χ2n) is 8.36. The van der Waals surface area contributed by atoms with Crippen LogP contribution in [-0.4, -0.2) is 37.0 Å². The fourth-order valence-electron chi connectivity index (χ4n) is 4.27. The van der Waals surface area contributed by atoms with Gasteiger partial charge in [0.15, 0.2) is 5.13 Å². The molecule has 8 heteroatoms. The first kappa shape index (κ1) is 22.2. The highest BCUT2D eigenvalue weighted by Crippen LogP contribution is 2.32. The minimum Gasteiger partial charge on any atom is -0.449 e. The molecular weight excluding hydrogens is 446 g/mol. The summed E-state index contributed by atoms with van der Waals surface area (Å²) < 4.78 is 5.21. The van der Waals surface area contributed by atoms with Crippen LogP contribution < -0.4 is 15.5 Å². The van der Waals surface area contributed by atoms with E-state index >= 15 is 0 Å². The van der Waals surface area contributed by atoms with Crippen molar-refractivity contribution in [2.24, 2.45) is 10.7 Å². The number of rotatable bonds is 6. The first-order chi connectivity index (χ1) is 16.7. The summed E-state index contributed by atoms with van der Waals surface area (Å²) in [6.45, 7) is 2.94. The Morgan fingerprint density at radius 2 is 2.03 bits per heavy atom. The van der Waals surface area contributed by atoms with Crippen LogP contribution in [0.5, 0.6) is 0 Å². The van der Waals surface area contributed by atoms with E-state index < -0.39 is 0 Å². The molecule has 1 amide bonds. The predicted molar refractivity (Wildman–Crippen MR) is 137 cm³/mol. The minimum atomic E-state index is -0.254. The molecule has 2 aliphatic heterocycles. The van der Waals surface area contributed by atoms with E-state index in [2.05, 4.69) is 34.2 Å². The number of allylic oxidation sites excluding steroid dienone is 1. The van der Waals surface area contributed by atoms with Crippen molar-refractivity contribution in [3.63, 3.8) is 0 Å². The molecule has 0 aliphatic carbocycles. The van der Waals surface area contributed by atoms with Crippen molar-refractivity contribution >= 4 is 40.2 Å². The fraction of sp³-hybridized carbons (Fsp3) is 0.269. The van der Waals surface area contributed by atoms with E-state index in [1.165, 1.54) is 27.8 Å². The number of hydrogen-bond donors (Lipinski definition) is 1. The number of hydrogen-bond acceptors (Lipinski definition) is 7. The van der Waals surface area contributed by atoms with Gasteiger partial charge in [0, 0.05) is 49.0 Å². The number of amides is 1. The van der Waals surface area contributed by atoms with Crippen molar-refractivity contribution in [3.05, 3.63) is 82.5 Å². The third kappa shape index (κ3) is 4.97. The Balaban J connectivity index is 1.25. The molecule has 0 saturated carbocycles. The number of anilines is 2. The number of aromatic nitrogens is 1. The van der Waals surface area contributed by atoms with Gasteiger partial charge in [-0.2, -0.15) is 0 Å². The smallest absolute Gasteiger partial charge is 0.414 e. The molecular formula is C26H27N5O2S. The largest absolute Gasteiger partial charge is 0.449 e. The number of carbonyl (C=O) groups is 1. The normalized spacial score (nSPS) is 16.3. The Morgan fingerprint density at radius 3 is 2.85 bits per heavy atom. The molecule has 7 nitrogen and oxygen atoms in total. The quantitative estimate of drug-likeness (QED) is 0.519. The topological polar surface area (TPSA) is 84.1 Å². The number of aliphatic imine (C=N–C) groups is 1. The molecule has 3 aromatic rings. The molecule has 3 heterocycles. The number of thiazole rings is 1. The summed E-state index contributed by atoms with van der Waals surface area (Å²) in [7, 11) is 0. The van der Waals surface area contributed by atoms with E-state index in [0.717, 1.165) is 48.9 Å². The zero-order chi connectivity index (χ0) is 23.3. The molecule has 0 bridgehead atoms. The molecule has 1 fully saturated rings. The van der Waals surface area contributed by atoms with E-state index in [1.807, 2.05) is 24.4 Å². The number of ether oxygens (including phenoxy) is 1. The van der Waals surface area contributed by atoms with Crippen LogP contribution in [0.15, 0.2) is 65.9 Å². The summed E-state index contributed by atoms with van der Waals surface area (Å²) in [5, 5.41) is 1.04. The number of cyclic esters (lactones) is 1. The lowest BCUT2D eigenvalue weighted by atomic mass is 9.99. The maximum Gasteiger partial charge on any atom is 0.414 e. The number of benzene rings is 2. The summed E-state index contributed by atoms with van der Waals surface area (Å²) in [5.74, 6) is 0. The van der Waals surface area contributed by atoms with Gasteiger partial charge in [-0.15, -0.1) is 11.3 Å². The maximum atomic E-state index is 12.2. The second kappa shape index (κ2) is 10.1. The molecule has 1 aromatic heterocycles.